The third-order valence-electron chi connectivity index (χ3n) is 2.95. The van der Waals surface area contributed by atoms with Crippen molar-refractivity contribution >= 4 is 11.9 Å². The maximum Gasteiger partial charge on any atom is 0.243 e. The molecule has 9 heteroatoms. The molecular formula is C12H20N8O. The first-order valence-corrected chi connectivity index (χ1v) is 6.60. The monoisotopic (exact) mass is 292 g/mol. The number of rotatable bonds is 7. The van der Waals surface area contributed by atoms with Crippen molar-refractivity contribution < 1.29 is 4.74 Å². The van der Waals surface area contributed by atoms with Crippen LogP contribution >= 0.6 is 0 Å². The van der Waals surface area contributed by atoms with Crippen LogP contribution in [0, 0.1) is 5.92 Å². The van der Waals surface area contributed by atoms with E-state index < -0.39 is 0 Å². The van der Waals surface area contributed by atoms with Gasteiger partial charge in [0, 0.05) is 19.5 Å². The lowest BCUT2D eigenvalue weighted by atomic mass is 10.1. The van der Waals surface area contributed by atoms with E-state index in [1.54, 1.807) is 30.4 Å². The number of hydrogen-bond donors (Lipinski definition) is 3. The number of nitrogens with one attached hydrogen (secondary N) is 2. The molecule has 0 amide bonds. The van der Waals surface area contributed by atoms with Crippen LogP contribution in [0.2, 0.25) is 0 Å². The van der Waals surface area contributed by atoms with Gasteiger partial charge >= 0.3 is 0 Å². The predicted molar refractivity (Wildman–Crippen MR) is 78.9 cm³/mol. The number of aromatic nitrogens is 5. The first-order valence-electron chi connectivity index (χ1n) is 6.60. The molecule has 0 aliphatic rings. The number of hydrazine groups is 1. The molecule has 1 unspecified atom stereocenters. The summed E-state index contributed by atoms with van der Waals surface area (Å²) in [6, 6.07) is 0.0821. The van der Waals surface area contributed by atoms with Crippen LogP contribution in [-0.4, -0.2) is 44.3 Å². The first-order chi connectivity index (χ1) is 10.1. The van der Waals surface area contributed by atoms with Crippen LogP contribution in [0.25, 0.3) is 5.95 Å². The van der Waals surface area contributed by atoms with E-state index in [4.69, 9.17) is 10.6 Å². The quantitative estimate of drug-likeness (QED) is 0.497. The fraction of sp³-hybridized carbons (Fsp3) is 0.500. The molecular weight excluding hydrogens is 272 g/mol. The zero-order chi connectivity index (χ0) is 15.2. The van der Waals surface area contributed by atoms with Gasteiger partial charge in [0.05, 0.1) is 12.6 Å². The Morgan fingerprint density at radius 2 is 2.05 bits per heavy atom. The van der Waals surface area contributed by atoms with E-state index >= 15 is 0 Å². The molecule has 0 spiro atoms. The number of ether oxygens (including phenoxy) is 1. The number of anilines is 2. The summed E-state index contributed by atoms with van der Waals surface area (Å²) in [5, 5.41) is 3.24. The second-order valence-electron chi connectivity index (χ2n) is 4.85. The average Bonchev–Trinajstić information content (AvgIpc) is 3.00. The van der Waals surface area contributed by atoms with Gasteiger partial charge in [-0.1, -0.05) is 13.8 Å². The molecule has 2 rings (SSSR count). The normalized spacial score (nSPS) is 12.4. The summed E-state index contributed by atoms with van der Waals surface area (Å²) in [5.74, 6) is 6.90. The molecule has 4 N–H and O–H groups in total. The Hall–Kier alpha value is -2.26. The topological polar surface area (TPSA) is 116 Å². The van der Waals surface area contributed by atoms with Crippen molar-refractivity contribution in [3.8, 4) is 5.95 Å². The van der Waals surface area contributed by atoms with Gasteiger partial charge in [-0.25, -0.2) is 10.8 Å². The number of nitrogens with zero attached hydrogens (tertiary/aromatic N) is 5. The van der Waals surface area contributed by atoms with Crippen molar-refractivity contribution in [2.45, 2.75) is 19.9 Å². The Bertz CT molecular complexity index is 556. The van der Waals surface area contributed by atoms with Crippen LogP contribution in [0.1, 0.15) is 13.8 Å². The number of nitrogen functional groups attached to an aromatic ring is 1. The zero-order valence-electron chi connectivity index (χ0n) is 12.3. The molecule has 0 saturated heterocycles. The SMILES string of the molecule is COCC(Nc1nc(NN)nc(-n2ccnc2)n1)C(C)C. The minimum Gasteiger partial charge on any atom is -0.383 e. The van der Waals surface area contributed by atoms with Crippen LogP contribution in [0.5, 0.6) is 0 Å². The van der Waals surface area contributed by atoms with E-state index in [0.29, 0.717) is 24.4 Å². The minimum atomic E-state index is 0.0821. The highest BCUT2D eigenvalue weighted by Crippen LogP contribution is 2.12. The second kappa shape index (κ2) is 6.95. The lowest BCUT2D eigenvalue weighted by Crippen LogP contribution is -2.31. The average molecular weight is 292 g/mol. The van der Waals surface area contributed by atoms with Crippen LogP contribution < -0.4 is 16.6 Å². The van der Waals surface area contributed by atoms with Gasteiger partial charge in [-0.3, -0.25) is 9.99 Å². The van der Waals surface area contributed by atoms with E-state index in [1.165, 1.54) is 0 Å². The van der Waals surface area contributed by atoms with Crippen molar-refractivity contribution in [1.29, 1.82) is 0 Å². The summed E-state index contributed by atoms with van der Waals surface area (Å²) in [7, 11) is 1.66. The predicted octanol–water partition coefficient (Wildman–Crippen LogP) is 0.426. The maximum atomic E-state index is 5.41. The molecule has 2 aromatic rings. The van der Waals surface area contributed by atoms with Crippen LogP contribution in [-0.2, 0) is 4.74 Å². The molecule has 0 aliphatic heterocycles. The Kier molecular flexibility index (Phi) is 5.01. The third-order valence-corrected chi connectivity index (χ3v) is 2.95. The summed E-state index contributed by atoms with van der Waals surface area (Å²) >= 11 is 0. The number of hydrogen-bond acceptors (Lipinski definition) is 8. The van der Waals surface area contributed by atoms with Crippen LogP contribution in [0.3, 0.4) is 0 Å². The van der Waals surface area contributed by atoms with Crippen molar-refractivity contribution in [1.82, 2.24) is 24.5 Å². The summed E-state index contributed by atoms with van der Waals surface area (Å²) in [6.07, 6.45) is 5.00. The summed E-state index contributed by atoms with van der Waals surface area (Å²) in [4.78, 5) is 16.7. The minimum absolute atomic E-state index is 0.0821. The number of methoxy groups -OCH3 is 1. The molecule has 0 fully saturated rings. The lowest BCUT2D eigenvalue weighted by molar-refractivity contribution is 0.171. The van der Waals surface area contributed by atoms with Gasteiger partial charge in [-0.2, -0.15) is 15.0 Å². The molecule has 21 heavy (non-hydrogen) atoms. The highest BCUT2D eigenvalue weighted by molar-refractivity contribution is 5.38. The van der Waals surface area contributed by atoms with Crippen molar-refractivity contribution in [2.75, 3.05) is 24.5 Å². The van der Waals surface area contributed by atoms with E-state index in [1.807, 2.05) is 0 Å². The number of nitrogens with two attached hydrogens (primary N) is 1. The Morgan fingerprint density at radius 1 is 1.29 bits per heavy atom. The highest BCUT2D eigenvalue weighted by Gasteiger charge is 2.16. The largest absolute Gasteiger partial charge is 0.383 e. The van der Waals surface area contributed by atoms with Crippen LogP contribution in [0.15, 0.2) is 18.7 Å². The molecule has 2 aromatic heterocycles. The standard InChI is InChI=1S/C12H20N8O/c1-8(2)9(6-21-3)15-10-16-11(19-13)18-12(17-10)20-5-4-14-7-20/h4-5,7-9H,6,13H2,1-3H3,(H2,15,16,17,18,19). The summed E-state index contributed by atoms with van der Waals surface area (Å²) in [5.41, 5.74) is 2.44. The van der Waals surface area contributed by atoms with Crippen molar-refractivity contribution in [3.63, 3.8) is 0 Å². The lowest BCUT2D eigenvalue weighted by Gasteiger charge is -2.21. The van der Waals surface area contributed by atoms with Gasteiger partial charge in [-0.15, -0.1) is 0 Å². The molecule has 0 saturated carbocycles. The number of imidazole rings is 1. The van der Waals surface area contributed by atoms with Gasteiger partial charge < -0.3 is 10.1 Å². The fourth-order valence-corrected chi connectivity index (χ4v) is 1.73. The molecule has 0 radical (unpaired) electrons. The molecule has 114 valence electrons. The van der Waals surface area contributed by atoms with Gasteiger partial charge in [0.1, 0.15) is 6.33 Å². The Morgan fingerprint density at radius 3 is 2.62 bits per heavy atom. The smallest absolute Gasteiger partial charge is 0.243 e. The second-order valence-corrected chi connectivity index (χ2v) is 4.85. The summed E-state index contributed by atoms with van der Waals surface area (Å²) in [6.45, 7) is 4.74. The highest BCUT2D eigenvalue weighted by atomic mass is 16.5. The zero-order valence-corrected chi connectivity index (χ0v) is 12.3. The molecule has 9 nitrogen and oxygen atoms in total. The van der Waals surface area contributed by atoms with Gasteiger partial charge in [0.2, 0.25) is 17.8 Å². The summed E-state index contributed by atoms with van der Waals surface area (Å²) < 4.78 is 6.88. The van der Waals surface area contributed by atoms with E-state index in [0.717, 1.165) is 0 Å². The molecule has 0 aromatic carbocycles. The third kappa shape index (κ3) is 3.86. The van der Waals surface area contributed by atoms with Gasteiger partial charge in [0.25, 0.3) is 0 Å². The molecule has 0 bridgehead atoms. The first kappa shape index (κ1) is 15.1. The molecule has 2 heterocycles. The van der Waals surface area contributed by atoms with Gasteiger partial charge in [-0.05, 0) is 5.92 Å². The van der Waals surface area contributed by atoms with Crippen molar-refractivity contribution in [2.24, 2.45) is 11.8 Å². The Balaban J connectivity index is 2.28. The van der Waals surface area contributed by atoms with E-state index in [9.17, 15) is 0 Å². The molecule has 1 atom stereocenters. The van der Waals surface area contributed by atoms with Gasteiger partial charge in [0.15, 0.2) is 0 Å². The van der Waals surface area contributed by atoms with Crippen LogP contribution in [0.4, 0.5) is 11.9 Å². The molecule has 0 aliphatic carbocycles. The Labute approximate surface area is 122 Å². The fourth-order valence-electron chi connectivity index (χ4n) is 1.73. The van der Waals surface area contributed by atoms with E-state index in [2.05, 4.69) is 44.5 Å². The maximum absolute atomic E-state index is 5.41. The van der Waals surface area contributed by atoms with Crippen molar-refractivity contribution in [3.05, 3.63) is 18.7 Å². The van der Waals surface area contributed by atoms with E-state index in [-0.39, 0.29) is 12.0 Å².